The number of amides is 2. The van der Waals surface area contributed by atoms with Gasteiger partial charge in [-0.25, -0.2) is 4.79 Å². The summed E-state index contributed by atoms with van der Waals surface area (Å²) in [6, 6.07) is 15.2. The van der Waals surface area contributed by atoms with E-state index >= 15 is 0 Å². The molecule has 1 fully saturated rings. The maximum absolute atomic E-state index is 12.7. The first-order valence-electron chi connectivity index (χ1n) is 8.03. The molecule has 0 unspecified atom stereocenters. The van der Waals surface area contributed by atoms with Crippen LogP contribution in [-0.4, -0.2) is 38.8 Å². The number of carboxylic acid groups (broad SMARTS) is 1. The predicted molar refractivity (Wildman–Crippen MR) is 108 cm³/mol. The number of rotatable bonds is 6. The Hall–Kier alpha value is -3.17. The van der Waals surface area contributed by atoms with Crippen molar-refractivity contribution in [2.24, 2.45) is 0 Å². The van der Waals surface area contributed by atoms with Crippen LogP contribution in [0.5, 0.6) is 5.75 Å². The minimum Gasteiger partial charge on any atom is -0.481 e. The van der Waals surface area contributed by atoms with Crippen LogP contribution in [-0.2, 0) is 9.59 Å². The fourth-order valence-corrected chi connectivity index (χ4v) is 3.50. The largest absolute Gasteiger partial charge is 0.481 e. The summed E-state index contributed by atoms with van der Waals surface area (Å²) >= 11 is 6.23. The van der Waals surface area contributed by atoms with Crippen LogP contribution in [0, 0.1) is 0 Å². The van der Waals surface area contributed by atoms with E-state index in [1.54, 1.807) is 60.7 Å². The van der Waals surface area contributed by atoms with Crippen molar-refractivity contribution < 1.29 is 24.2 Å². The molecule has 1 aliphatic rings. The Labute approximate surface area is 170 Å². The first kappa shape index (κ1) is 19.6. The zero-order valence-corrected chi connectivity index (χ0v) is 16.0. The maximum atomic E-state index is 12.7. The van der Waals surface area contributed by atoms with E-state index in [2.05, 4.69) is 5.43 Å². The number of carbonyl (C=O) groups excluding carboxylic acids is 2. The number of hydrogen-bond donors (Lipinski definition) is 2. The summed E-state index contributed by atoms with van der Waals surface area (Å²) in [6.07, 6.45) is 1.55. The monoisotopic (exact) mass is 414 g/mol. The number of carbonyl (C=O) groups is 3. The highest BCUT2D eigenvalue weighted by Gasteiger charge is 2.34. The van der Waals surface area contributed by atoms with Crippen molar-refractivity contribution in [1.29, 1.82) is 0 Å². The highest BCUT2D eigenvalue weighted by Crippen LogP contribution is 2.33. The van der Waals surface area contributed by atoms with E-state index in [1.807, 2.05) is 0 Å². The third-order valence-electron chi connectivity index (χ3n) is 3.60. The number of benzene rings is 2. The molecule has 0 aliphatic carbocycles. The quantitative estimate of drug-likeness (QED) is 0.554. The molecular weight excluding hydrogens is 400 g/mol. The fourth-order valence-electron chi connectivity index (χ4n) is 2.33. The molecule has 7 nitrogen and oxygen atoms in total. The van der Waals surface area contributed by atoms with Crippen LogP contribution in [0.25, 0.3) is 6.08 Å². The smallest absolute Gasteiger partial charge is 0.341 e. The van der Waals surface area contributed by atoms with Crippen molar-refractivity contribution in [2.45, 2.75) is 0 Å². The Balaban J connectivity index is 1.78. The molecule has 0 saturated carbocycles. The first-order chi connectivity index (χ1) is 13.5. The van der Waals surface area contributed by atoms with Gasteiger partial charge in [-0.1, -0.05) is 48.2 Å². The molecule has 1 heterocycles. The first-order valence-corrected chi connectivity index (χ1v) is 9.26. The number of carboxylic acids is 1. The zero-order valence-electron chi connectivity index (χ0n) is 14.3. The molecule has 2 aromatic carbocycles. The number of ether oxygens (including phenoxy) is 1. The average Bonchev–Trinajstić information content (AvgIpc) is 2.95. The number of para-hydroxylation sites is 1. The molecule has 0 radical (unpaired) electrons. The molecular formula is C19H14N2O5S2. The topological polar surface area (TPSA) is 95.9 Å². The zero-order chi connectivity index (χ0) is 20.1. The van der Waals surface area contributed by atoms with Gasteiger partial charge in [0.1, 0.15) is 5.75 Å². The Bertz CT molecular complexity index is 975. The number of thiocarbonyl (C=S) groups is 1. The van der Waals surface area contributed by atoms with Crippen LogP contribution in [0.1, 0.15) is 15.9 Å². The SMILES string of the molecule is O=C(O)COc1ccccc1/C=C1/SC(=S)N(NC(=O)c2ccccc2)C1=O. The normalized spacial score (nSPS) is 15.0. The molecule has 1 aliphatic heterocycles. The molecule has 1 saturated heterocycles. The molecule has 9 heteroatoms. The van der Waals surface area contributed by atoms with Gasteiger partial charge in [-0.2, -0.15) is 5.01 Å². The number of nitrogens with one attached hydrogen (secondary N) is 1. The summed E-state index contributed by atoms with van der Waals surface area (Å²) in [5, 5.41) is 9.79. The molecule has 2 aromatic rings. The second-order valence-electron chi connectivity index (χ2n) is 5.54. The minimum absolute atomic E-state index is 0.185. The maximum Gasteiger partial charge on any atom is 0.341 e. The standard InChI is InChI=1S/C19H14N2O5S2/c22-16(23)11-26-14-9-5-4-8-13(14)10-15-18(25)21(19(27)28-15)20-17(24)12-6-2-1-3-7-12/h1-10H,11H2,(H,20,24)(H,22,23)/b15-10+. The van der Waals surface area contributed by atoms with Crippen molar-refractivity contribution in [3.05, 3.63) is 70.6 Å². The van der Waals surface area contributed by atoms with E-state index in [9.17, 15) is 14.4 Å². The van der Waals surface area contributed by atoms with E-state index in [0.29, 0.717) is 16.9 Å². The summed E-state index contributed by atoms with van der Waals surface area (Å²) < 4.78 is 5.42. The van der Waals surface area contributed by atoms with Gasteiger partial charge in [0, 0.05) is 11.1 Å². The Morgan fingerprint density at radius 2 is 1.82 bits per heavy atom. The lowest BCUT2D eigenvalue weighted by molar-refractivity contribution is -0.139. The summed E-state index contributed by atoms with van der Waals surface area (Å²) in [4.78, 5) is 36.0. The van der Waals surface area contributed by atoms with E-state index in [0.717, 1.165) is 16.8 Å². The number of aliphatic carboxylic acids is 1. The van der Waals surface area contributed by atoms with Crippen molar-refractivity contribution in [2.75, 3.05) is 6.61 Å². The molecule has 28 heavy (non-hydrogen) atoms. The van der Waals surface area contributed by atoms with Gasteiger partial charge in [-0.3, -0.25) is 15.0 Å². The van der Waals surface area contributed by atoms with Crippen LogP contribution < -0.4 is 10.2 Å². The number of hydrazine groups is 1. The molecule has 3 rings (SSSR count). The Morgan fingerprint density at radius 3 is 2.54 bits per heavy atom. The number of hydrogen-bond acceptors (Lipinski definition) is 6. The highest BCUT2D eigenvalue weighted by molar-refractivity contribution is 8.26. The minimum atomic E-state index is -1.11. The van der Waals surface area contributed by atoms with Gasteiger partial charge in [0.2, 0.25) is 0 Å². The van der Waals surface area contributed by atoms with Crippen molar-refractivity contribution in [3.8, 4) is 5.75 Å². The van der Waals surface area contributed by atoms with Gasteiger partial charge in [-0.15, -0.1) is 0 Å². The molecule has 0 aromatic heterocycles. The lowest BCUT2D eigenvalue weighted by Crippen LogP contribution is -2.44. The fraction of sp³-hybridized carbons (Fsp3) is 0.0526. The highest BCUT2D eigenvalue weighted by atomic mass is 32.2. The van der Waals surface area contributed by atoms with Crippen LogP contribution in [0.3, 0.4) is 0 Å². The van der Waals surface area contributed by atoms with Crippen LogP contribution in [0.2, 0.25) is 0 Å². The third-order valence-corrected chi connectivity index (χ3v) is 4.90. The molecule has 0 atom stereocenters. The second kappa shape index (κ2) is 8.68. The van der Waals surface area contributed by atoms with Crippen LogP contribution in [0.4, 0.5) is 0 Å². The van der Waals surface area contributed by atoms with Gasteiger partial charge >= 0.3 is 5.97 Å². The number of thioether (sulfide) groups is 1. The lowest BCUT2D eigenvalue weighted by atomic mass is 10.2. The van der Waals surface area contributed by atoms with Gasteiger partial charge < -0.3 is 9.84 Å². The molecule has 142 valence electrons. The van der Waals surface area contributed by atoms with Gasteiger partial charge in [-0.05, 0) is 36.5 Å². The second-order valence-corrected chi connectivity index (χ2v) is 7.22. The van der Waals surface area contributed by atoms with E-state index in [1.165, 1.54) is 0 Å². The summed E-state index contributed by atoms with van der Waals surface area (Å²) in [5.74, 6) is -1.72. The molecule has 0 bridgehead atoms. The average molecular weight is 414 g/mol. The van der Waals surface area contributed by atoms with Gasteiger partial charge in [0.05, 0.1) is 4.91 Å². The van der Waals surface area contributed by atoms with Crippen molar-refractivity contribution in [1.82, 2.24) is 10.4 Å². The number of nitrogens with zero attached hydrogens (tertiary/aromatic N) is 1. The van der Waals surface area contributed by atoms with Crippen LogP contribution >= 0.6 is 24.0 Å². The van der Waals surface area contributed by atoms with Gasteiger partial charge in [0.15, 0.2) is 10.9 Å². The van der Waals surface area contributed by atoms with Crippen molar-refractivity contribution >= 4 is 52.2 Å². The van der Waals surface area contributed by atoms with E-state index in [4.69, 9.17) is 22.1 Å². The van der Waals surface area contributed by atoms with Gasteiger partial charge in [0.25, 0.3) is 11.8 Å². The summed E-state index contributed by atoms with van der Waals surface area (Å²) in [7, 11) is 0. The Kier molecular flexibility index (Phi) is 6.07. The molecule has 0 spiro atoms. The van der Waals surface area contributed by atoms with Crippen LogP contribution in [0.15, 0.2) is 59.5 Å². The molecule has 2 N–H and O–H groups in total. The van der Waals surface area contributed by atoms with E-state index in [-0.39, 0.29) is 9.23 Å². The molecule has 2 amide bonds. The third kappa shape index (κ3) is 4.56. The Morgan fingerprint density at radius 1 is 1.14 bits per heavy atom. The van der Waals surface area contributed by atoms with E-state index < -0.39 is 24.4 Å². The predicted octanol–water partition coefficient (Wildman–Crippen LogP) is 2.70. The summed E-state index contributed by atoms with van der Waals surface area (Å²) in [5.41, 5.74) is 3.42. The van der Waals surface area contributed by atoms with Crippen molar-refractivity contribution in [3.63, 3.8) is 0 Å². The lowest BCUT2D eigenvalue weighted by Gasteiger charge is -2.15. The summed E-state index contributed by atoms with van der Waals surface area (Å²) in [6.45, 7) is -0.501.